The van der Waals surface area contributed by atoms with Gasteiger partial charge < -0.3 is 5.32 Å². The van der Waals surface area contributed by atoms with Crippen molar-refractivity contribution in [2.24, 2.45) is 11.3 Å². The largest absolute Gasteiger partial charge is 0.381 e. The first-order valence-corrected chi connectivity index (χ1v) is 6.23. The maximum absolute atomic E-state index is 4.14. The predicted molar refractivity (Wildman–Crippen MR) is 68.4 cm³/mol. The first kappa shape index (κ1) is 11.4. The number of pyridine rings is 1. The summed E-state index contributed by atoms with van der Waals surface area (Å²) in [4.78, 5) is 4.14. The molecule has 16 heavy (non-hydrogen) atoms. The van der Waals surface area contributed by atoms with Crippen LogP contribution >= 0.6 is 0 Å². The summed E-state index contributed by atoms with van der Waals surface area (Å²) in [6.45, 7) is 7.11. The van der Waals surface area contributed by atoms with Crippen LogP contribution in [-0.4, -0.2) is 11.0 Å². The van der Waals surface area contributed by atoms with E-state index in [1.807, 2.05) is 18.5 Å². The SMILES string of the molecule is CC1CC(C)(C)CCC1Nc1cccnc1. The van der Waals surface area contributed by atoms with E-state index in [1.165, 1.54) is 19.3 Å². The van der Waals surface area contributed by atoms with Gasteiger partial charge in [0, 0.05) is 18.4 Å². The number of nitrogens with zero attached hydrogens (tertiary/aromatic N) is 1. The molecule has 2 unspecified atom stereocenters. The Kier molecular flexibility index (Phi) is 3.17. The Bertz CT molecular complexity index is 332. The van der Waals surface area contributed by atoms with E-state index in [9.17, 15) is 0 Å². The summed E-state index contributed by atoms with van der Waals surface area (Å²) < 4.78 is 0. The van der Waals surface area contributed by atoms with Crippen molar-refractivity contribution in [2.45, 2.75) is 46.1 Å². The van der Waals surface area contributed by atoms with Crippen LogP contribution < -0.4 is 5.32 Å². The van der Waals surface area contributed by atoms with E-state index >= 15 is 0 Å². The molecule has 0 bridgehead atoms. The van der Waals surface area contributed by atoms with Gasteiger partial charge in [-0.15, -0.1) is 0 Å². The van der Waals surface area contributed by atoms with Crippen LogP contribution in [0, 0.1) is 11.3 Å². The highest BCUT2D eigenvalue weighted by molar-refractivity contribution is 5.41. The fraction of sp³-hybridized carbons (Fsp3) is 0.643. The zero-order chi connectivity index (χ0) is 11.6. The van der Waals surface area contributed by atoms with Gasteiger partial charge in [-0.05, 0) is 42.7 Å². The van der Waals surface area contributed by atoms with Crippen LogP contribution in [0.5, 0.6) is 0 Å². The fourth-order valence-electron chi connectivity index (χ4n) is 2.82. The average molecular weight is 218 g/mol. The predicted octanol–water partition coefficient (Wildman–Crippen LogP) is 3.71. The summed E-state index contributed by atoms with van der Waals surface area (Å²) >= 11 is 0. The lowest BCUT2D eigenvalue weighted by Gasteiger charge is -2.39. The first-order valence-electron chi connectivity index (χ1n) is 6.23. The second kappa shape index (κ2) is 4.44. The minimum atomic E-state index is 0.520. The van der Waals surface area contributed by atoms with Gasteiger partial charge >= 0.3 is 0 Å². The van der Waals surface area contributed by atoms with E-state index in [2.05, 4.69) is 37.1 Å². The van der Waals surface area contributed by atoms with Crippen LogP contribution in [0.2, 0.25) is 0 Å². The molecule has 1 aliphatic rings. The van der Waals surface area contributed by atoms with Gasteiger partial charge in [-0.3, -0.25) is 4.98 Å². The van der Waals surface area contributed by atoms with E-state index < -0.39 is 0 Å². The molecule has 2 nitrogen and oxygen atoms in total. The monoisotopic (exact) mass is 218 g/mol. The molecule has 2 heteroatoms. The highest BCUT2D eigenvalue weighted by Crippen LogP contribution is 2.39. The lowest BCUT2D eigenvalue weighted by Crippen LogP contribution is -2.36. The maximum Gasteiger partial charge on any atom is 0.0528 e. The van der Waals surface area contributed by atoms with E-state index in [1.54, 1.807) is 0 Å². The van der Waals surface area contributed by atoms with Gasteiger partial charge in [-0.2, -0.15) is 0 Å². The van der Waals surface area contributed by atoms with E-state index in [0.717, 1.165) is 11.6 Å². The van der Waals surface area contributed by atoms with Crippen molar-refractivity contribution >= 4 is 5.69 Å². The van der Waals surface area contributed by atoms with Gasteiger partial charge in [0.05, 0.1) is 5.69 Å². The van der Waals surface area contributed by atoms with Crippen molar-refractivity contribution in [3.8, 4) is 0 Å². The van der Waals surface area contributed by atoms with Crippen LogP contribution in [0.25, 0.3) is 0 Å². The Morgan fingerprint density at radius 2 is 2.25 bits per heavy atom. The Labute approximate surface area is 98.5 Å². The first-order chi connectivity index (χ1) is 7.57. The molecule has 0 amide bonds. The average Bonchev–Trinajstić information content (AvgIpc) is 2.23. The molecule has 0 aromatic carbocycles. The standard InChI is InChI=1S/C14H22N2/c1-11-9-14(2,3)7-6-13(11)16-12-5-4-8-15-10-12/h4-5,8,10-11,13,16H,6-7,9H2,1-3H3. The van der Waals surface area contributed by atoms with Crippen molar-refractivity contribution in [1.82, 2.24) is 4.98 Å². The summed E-state index contributed by atoms with van der Waals surface area (Å²) in [6.07, 6.45) is 7.62. The maximum atomic E-state index is 4.14. The van der Waals surface area contributed by atoms with Crippen molar-refractivity contribution in [2.75, 3.05) is 5.32 Å². The molecule has 0 radical (unpaired) electrons. The van der Waals surface area contributed by atoms with Crippen LogP contribution in [0.15, 0.2) is 24.5 Å². The third-order valence-electron chi connectivity index (χ3n) is 3.71. The minimum Gasteiger partial charge on any atom is -0.381 e. The number of hydrogen-bond acceptors (Lipinski definition) is 2. The summed E-state index contributed by atoms with van der Waals surface area (Å²) in [5.41, 5.74) is 1.67. The van der Waals surface area contributed by atoms with Gasteiger partial charge in [0.25, 0.3) is 0 Å². The topological polar surface area (TPSA) is 24.9 Å². The number of hydrogen-bond donors (Lipinski definition) is 1. The van der Waals surface area contributed by atoms with E-state index in [0.29, 0.717) is 11.5 Å². The molecule has 1 saturated carbocycles. The van der Waals surface area contributed by atoms with Gasteiger partial charge in [-0.1, -0.05) is 20.8 Å². The Hall–Kier alpha value is -1.05. The quantitative estimate of drug-likeness (QED) is 0.818. The zero-order valence-corrected chi connectivity index (χ0v) is 10.5. The Morgan fingerprint density at radius 1 is 1.44 bits per heavy atom. The van der Waals surface area contributed by atoms with E-state index in [4.69, 9.17) is 0 Å². The van der Waals surface area contributed by atoms with Gasteiger partial charge in [0.15, 0.2) is 0 Å². The third kappa shape index (κ3) is 2.75. The molecular weight excluding hydrogens is 196 g/mol. The lowest BCUT2D eigenvalue weighted by atomic mass is 9.70. The molecule has 1 N–H and O–H groups in total. The lowest BCUT2D eigenvalue weighted by molar-refractivity contribution is 0.177. The summed E-state index contributed by atoms with van der Waals surface area (Å²) in [7, 11) is 0. The molecule has 1 aliphatic carbocycles. The molecule has 1 aromatic heterocycles. The molecule has 88 valence electrons. The molecule has 2 atom stereocenters. The van der Waals surface area contributed by atoms with Crippen molar-refractivity contribution in [3.05, 3.63) is 24.5 Å². The van der Waals surface area contributed by atoms with E-state index in [-0.39, 0.29) is 0 Å². The second-order valence-electron chi connectivity index (χ2n) is 5.88. The fourth-order valence-corrected chi connectivity index (χ4v) is 2.82. The number of nitrogens with one attached hydrogen (secondary N) is 1. The number of anilines is 1. The summed E-state index contributed by atoms with van der Waals surface area (Å²) in [5.74, 6) is 0.740. The molecular formula is C14H22N2. The second-order valence-corrected chi connectivity index (χ2v) is 5.88. The molecule has 0 saturated heterocycles. The normalized spacial score (nSPS) is 28.7. The van der Waals surface area contributed by atoms with Crippen LogP contribution in [0.1, 0.15) is 40.0 Å². The highest BCUT2D eigenvalue weighted by Gasteiger charge is 2.32. The van der Waals surface area contributed by atoms with Gasteiger partial charge in [0.1, 0.15) is 0 Å². The number of rotatable bonds is 2. The summed E-state index contributed by atoms with van der Waals surface area (Å²) in [5, 5.41) is 3.61. The molecule has 1 heterocycles. The zero-order valence-electron chi connectivity index (χ0n) is 10.5. The Balaban J connectivity index is 1.97. The molecule has 1 aromatic rings. The van der Waals surface area contributed by atoms with Gasteiger partial charge in [0.2, 0.25) is 0 Å². The van der Waals surface area contributed by atoms with Crippen molar-refractivity contribution < 1.29 is 0 Å². The van der Waals surface area contributed by atoms with Gasteiger partial charge in [-0.25, -0.2) is 0 Å². The summed E-state index contributed by atoms with van der Waals surface area (Å²) in [6, 6.07) is 4.69. The molecule has 0 aliphatic heterocycles. The molecule has 2 rings (SSSR count). The Morgan fingerprint density at radius 3 is 2.88 bits per heavy atom. The van der Waals surface area contributed by atoms with Crippen LogP contribution in [-0.2, 0) is 0 Å². The highest BCUT2D eigenvalue weighted by atomic mass is 14.9. The van der Waals surface area contributed by atoms with Crippen LogP contribution in [0.4, 0.5) is 5.69 Å². The molecule has 1 fully saturated rings. The minimum absolute atomic E-state index is 0.520. The van der Waals surface area contributed by atoms with Crippen LogP contribution in [0.3, 0.4) is 0 Å². The van der Waals surface area contributed by atoms with Crippen molar-refractivity contribution in [1.29, 1.82) is 0 Å². The van der Waals surface area contributed by atoms with Crippen molar-refractivity contribution in [3.63, 3.8) is 0 Å². The smallest absolute Gasteiger partial charge is 0.0528 e. The number of aromatic nitrogens is 1. The third-order valence-corrected chi connectivity index (χ3v) is 3.71. The molecule has 0 spiro atoms.